The van der Waals surface area contributed by atoms with Gasteiger partial charge in [-0.2, -0.15) is 0 Å². The average molecular weight is 469 g/mol. The lowest BCUT2D eigenvalue weighted by Gasteiger charge is -2.22. The number of nitrogens with zero attached hydrogens (tertiary/aromatic N) is 2. The van der Waals surface area contributed by atoms with Gasteiger partial charge in [0.2, 0.25) is 5.91 Å². The highest BCUT2D eigenvalue weighted by Crippen LogP contribution is 2.47. The van der Waals surface area contributed by atoms with E-state index in [1.165, 1.54) is 11.3 Å². The zero-order valence-corrected chi connectivity index (χ0v) is 20.3. The third-order valence-electron chi connectivity index (χ3n) is 7.15. The van der Waals surface area contributed by atoms with Gasteiger partial charge in [-0.05, 0) is 86.9 Å². The Morgan fingerprint density at radius 3 is 2.17 bits per heavy atom. The van der Waals surface area contributed by atoms with Crippen molar-refractivity contribution >= 4 is 28.9 Å². The molecule has 2 fully saturated rings. The summed E-state index contributed by atoms with van der Waals surface area (Å²) >= 11 is 0. The molecule has 1 saturated carbocycles. The molecule has 0 bridgehead atoms. The van der Waals surface area contributed by atoms with Gasteiger partial charge in [-0.25, -0.2) is 0 Å². The lowest BCUT2D eigenvalue weighted by molar-refractivity contribution is -0.117. The molecule has 3 unspecified atom stereocenters. The summed E-state index contributed by atoms with van der Waals surface area (Å²) in [6.07, 6.45) is 2.04. The van der Waals surface area contributed by atoms with Crippen LogP contribution < -0.4 is 15.5 Å². The number of benzene rings is 3. The molecule has 6 nitrogen and oxygen atoms in total. The smallest absolute Gasteiger partial charge is 0.255 e. The maximum atomic E-state index is 12.7. The molecule has 1 saturated heterocycles. The summed E-state index contributed by atoms with van der Waals surface area (Å²) < 4.78 is 0. The number of carbonyl (C=O) groups is 2. The molecule has 6 heteroatoms. The van der Waals surface area contributed by atoms with Crippen molar-refractivity contribution in [3.63, 3.8) is 0 Å². The van der Waals surface area contributed by atoms with E-state index in [1.807, 2.05) is 30.3 Å². The summed E-state index contributed by atoms with van der Waals surface area (Å²) in [6.45, 7) is 2.07. The van der Waals surface area contributed by atoms with Crippen LogP contribution in [-0.4, -0.2) is 49.9 Å². The highest BCUT2D eigenvalue weighted by molar-refractivity contribution is 6.04. The van der Waals surface area contributed by atoms with Crippen LogP contribution in [0.4, 0.5) is 17.1 Å². The van der Waals surface area contributed by atoms with Crippen LogP contribution in [0.15, 0.2) is 78.9 Å². The van der Waals surface area contributed by atoms with Gasteiger partial charge in [0.05, 0.1) is 0 Å². The van der Waals surface area contributed by atoms with Crippen molar-refractivity contribution < 1.29 is 9.59 Å². The number of likely N-dealkylation sites (N-methyl/N-ethyl adjacent to an activating group) is 1. The fourth-order valence-corrected chi connectivity index (χ4v) is 4.85. The van der Waals surface area contributed by atoms with E-state index < -0.39 is 0 Å². The first-order valence-electron chi connectivity index (χ1n) is 12.3. The van der Waals surface area contributed by atoms with Gasteiger partial charge in [0.1, 0.15) is 0 Å². The predicted molar refractivity (Wildman–Crippen MR) is 141 cm³/mol. The number of anilines is 3. The summed E-state index contributed by atoms with van der Waals surface area (Å²) in [7, 11) is 4.25. The number of rotatable bonds is 7. The Bertz CT molecular complexity index is 1180. The van der Waals surface area contributed by atoms with Crippen molar-refractivity contribution in [1.82, 2.24) is 4.90 Å². The number of carbonyl (C=O) groups excluding carboxylic acids is 2. The second kappa shape index (κ2) is 9.92. The van der Waals surface area contributed by atoms with Crippen molar-refractivity contribution in [2.24, 2.45) is 5.92 Å². The maximum absolute atomic E-state index is 12.7. The van der Waals surface area contributed by atoms with Gasteiger partial charge in [0, 0.05) is 47.7 Å². The topological polar surface area (TPSA) is 64.7 Å². The van der Waals surface area contributed by atoms with Gasteiger partial charge < -0.3 is 20.4 Å². The highest BCUT2D eigenvalue weighted by Gasteiger charge is 2.43. The van der Waals surface area contributed by atoms with Gasteiger partial charge in [0.15, 0.2) is 0 Å². The van der Waals surface area contributed by atoms with Gasteiger partial charge in [-0.3, -0.25) is 9.59 Å². The molecule has 0 aromatic heterocycles. The van der Waals surface area contributed by atoms with Crippen LogP contribution >= 0.6 is 0 Å². The van der Waals surface area contributed by atoms with E-state index in [0.717, 1.165) is 31.6 Å². The average Bonchev–Trinajstić information content (AvgIpc) is 3.53. The molecule has 1 aliphatic heterocycles. The van der Waals surface area contributed by atoms with Gasteiger partial charge >= 0.3 is 0 Å². The Morgan fingerprint density at radius 1 is 0.857 bits per heavy atom. The van der Waals surface area contributed by atoms with E-state index in [4.69, 9.17) is 0 Å². The SMILES string of the molecule is CN(C)C1CCN(c2ccc(NC(=O)c3ccc(NC(=O)C4CC4c4ccccc4)cc3)cc2)C1. The molecule has 3 aromatic rings. The molecule has 2 aliphatic rings. The molecule has 0 radical (unpaired) electrons. The summed E-state index contributed by atoms with van der Waals surface area (Å²) in [4.78, 5) is 30.0. The monoisotopic (exact) mass is 468 g/mol. The minimum atomic E-state index is -0.171. The van der Waals surface area contributed by atoms with Crippen LogP contribution in [0.2, 0.25) is 0 Å². The van der Waals surface area contributed by atoms with Crippen molar-refractivity contribution in [1.29, 1.82) is 0 Å². The van der Waals surface area contributed by atoms with Crippen LogP contribution in [-0.2, 0) is 4.79 Å². The Kier molecular flexibility index (Phi) is 6.55. The van der Waals surface area contributed by atoms with Crippen LogP contribution in [0, 0.1) is 5.92 Å². The summed E-state index contributed by atoms with van der Waals surface area (Å²) in [6, 6.07) is 25.8. The summed E-state index contributed by atoms with van der Waals surface area (Å²) in [5.74, 6) is 0.173. The van der Waals surface area contributed by atoms with E-state index in [-0.39, 0.29) is 17.7 Å². The third kappa shape index (κ3) is 5.38. The largest absolute Gasteiger partial charge is 0.370 e. The first-order valence-corrected chi connectivity index (χ1v) is 12.3. The fraction of sp³-hybridized carbons (Fsp3) is 0.310. The molecule has 3 atom stereocenters. The number of nitrogens with one attached hydrogen (secondary N) is 2. The van der Waals surface area contributed by atoms with Gasteiger partial charge in [-0.1, -0.05) is 30.3 Å². The number of hydrogen-bond acceptors (Lipinski definition) is 4. The first kappa shape index (κ1) is 23.1. The maximum Gasteiger partial charge on any atom is 0.255 e. The van der Waals surface area contributed by atoms with Crippen LogP contribution in [0.5, 0.6) is 0 Å². The second-order valence-corrected chi connectivity index (χ2v) is 9.78. The molecular weight excluding hydrogens is 436 g/mol. The molecule has 1 aliphatic carbocycles. The Balaban J connectivity index is 1.13. The van der Waals surface area contributed by atoms with E-state index in [1.54, 1.807) is 24.3 Å². The molecule has 2 amide bonds. The molecule has 5 rings (SSSR count). The van der Waals surface area contributed by atoms with Crippen LogP contribution in [0.1, 0.15) is 34.7 Å². The molecule has 2 N–H and O–H groups in total. The summed E-state index contributed by atoms with van der Waals surface area (Å²) in [5.41, 5.74) is 4.41. The van der Waals surface area contributed by atoms with Crippen LogP contribution in [0.3, 0.4) is 0 Å². The Labute approximate surface area is 206 Å². The van der Waals surface area contributed by atoms with Crippen molar-refractivity contribution in [3.05, 3.63) is 90.0 Å². The van der Waals surface area contributed by atoms with E-state index in [0.29, 0.717) is 23.2 Å². The van der Waals surface area contributed by atoms with Crippen molar-refractivity contribution in [2.75, 3.05) is 42.7 Å². The molecule has 180 valence electrons. The van der Waals surface area contributed by atoms with Crippen molar-refractivity contribution in [3.8, 4) is 0 Å². The van der Waals surface area contributed by atoms with Gasteiger partial charge in [0.25, 0.3) is 5.91 Å². The zero-order valence-electron chi connectivity index (χ0n) is 20.3. The lowest BCUT2D eigenvalue weighted by Crippen LogP contribution is -2.31. The quantitative estimate of drug-likeness (QED) is 0.522. The first-order chi connectivity index (χ1) is 17.0. The van der Waals surface area contributed by atoms with Crippen molar-refractivity contribution in [2.45, 2.75) is 24.8 Å². The fourth-order valence-electron chi connectivity index (χ4n) is 4.85. The Hall–Kier alpha value is -3.64. The molecule has 35 heavy (non-hydrogen) atoms. The Morgan fingerprint density at radius 2 is 1.51 bits per heavy atom. The third-order valence-corrected chi connectivity index (χ3v) is 7.15. The van der Waals surface area contributed by atoms with Crippen LogP contribution in [0.25, 0.3) is 0 Å². The van der Waals surface area contributed by atoms with Gasteiger partial charge in [-0.15, -0.1) is 0 Å². The molecule has 0 spiro atoms. The number of amides is 2. The predicted octanol–water partition coefficient (Wildman–Crippen LogP) is 4.82. The molecule has 1 heterocycles. The second-order valence-electron chi connectivity index (χ2n) is 9.78. The highest BCUT2D eigenvalue weighted by atomic mass is 16.2. The zero-order chi connectivity index (χ0) is 24.4. The van der Waals surface area contributed by atoms with E-state index >= 15 is 0 Å². The minimum Gasteiger partial charge on any atom is -0.370 e. The van der Waals surface area contributed by atoms with E-state index in [9.17, 15) is 9.59 Å². The lowest BCUT2D eigenvalue weighted by atomic mass is 10.1. The number of hydrogen-bond donors (Lipinski definition) is 2. The molecular formula is C29H32N4O2. The standard InChI is InChI=1S/C29H32N4O2/c1-32(2)25-16-17-33(19-25)24-14-12-23(13-15-24)30-28(34)21-8-10-22(11-9-21)31-29(35)27-18-26(27)20-6-4-3-5-7-20/h3-15,25-27H,16-19H2,1-2H3,(H,30,34)(H,31,35). The minimum absolute atomic E-state index is 0.0117. The van der Waals surface area contributed by atoms with E-state index in [2.05, 4.69) is 58.8 Å². The summed E-state index contributed by atoms with van der Waals surface area (Å²) in [5, 5.41) is 5.95. The molecule has 3 aromatic carbocycles. The normalized spacial score (nSPS) is 21.1.